The first-order valence-corrected chi connectivity index (χ1v) is 5.96. The van der Waals surface area contributed by atoms with Crippen molar-refractivity contribution in [1.29, 1.82) is 0 Å². The molecular formula is C13H19FN2. The molecule has 1 aliphatic rings. The second-order valence-electron chi connectivity index (χ2n) is 5.05. The fraction of sp³-hybridized carbons (Fsp3) is 0.615. The molecule has 0 radical (unpaired) electrons. The lowest BCUT2D eigenvalue weighted by molar-refractivity contribution is 0.296. The maximum Gasteiger partial charge on any atom is 0.214 e. The fourth-order valence-corrected chi connectivity index (χ4v) is 2.63. The van der Waals surface area contributed by atoms with Crippen molar-refractivity contribution in [1.82, 2.24) is 4.98 Å². The normalized spacial score (nSPS) is 30.5. The van der Waals surface area contributed by atoms with Crippen LogP contribution in [-0.2, 0) is 0 Å². The van der Waals surface area contributed by atoms with Crippen LogP contribution in [0.4, 0.5) is 10.1 Å². The van der Waals surface area contributed by atoms with Crippen molar-refractivity contribution in [3.05, 3.63) is 24.3 Å². The number of hydrogen-bond acceptors (Lipinski definition) is 2. The van der Waals surface area contributed by atoms with Crippen molar-refractivity contribution < 1.29 is 4.39 Å². The summed E-state index contributed by atoms with van der Waals surface area (Å²) in [5.41, 5.74) is 0.957. The Balaban J connectivity index is 2.25. The number of nitrogens with zero attached hydrogens (tertiary/aromatic N) is 2. The number of anilines is 1. The third-order valence-corrected chi connectivity index (χ3v) is 3.64. The van der Waals surface area contributed by atoms with Gasteiger partial charge in [0.05, 0.1) is 0 Å². The van der Waals surface area contributed by atoms with Crippen LogP contribution in [0.2, 0.25) is 0 Å². The van der Waals surface area contributed by atoms with E-state index in [1.54, 1.807) is 6.20 Å². The molecule has 0 aliphatic carbocycles. The number of halogens is 1. The van der Waals surface area contributed by atoms with Crippen molar-refractivity contribution in [2.24, 2.45) is 11.8 Å². The van der Waals surface area contributed by atoms with Crippen LogP contribution in [-0.4, -0.2) is 17.6 Å². The first kappa shape index (κ1) is 11.4. The lowest BCUT2D eigenvalue weighted by Gasteiger charge is -2.42. The second kappa shape index (κ2) is 4.40. The Morgan fingerprint density at radius 3 is 2.81 bits per heavy atom. The van der Waals surface area contributed by atoms with Crippen LogP contribution in [0.1, 0.15) is 27.2 Å². The van der Waals surface area contributed by atoms with E-state index < -0.39 is 5.95 Å². The molecule has 0 bridgehead atoms. The van der Waals surface area contributed by atoms with Crippen molar-refractivity contribution in [3.8, 4) is 0 Å². The molecule has 88 valence electrons. The molecule has 2 rings (SSSR count). The Kier molecular flexibility index (Phi) is 3.13. The quantitative estimate of drug-likeness (QED) is 0.679. The predicted octanol–water partition coefficient (Wildman–Crippen LogP) is 3.09. The zero-order valence-electron chi connectivity index (χ0n) is 10.2. The third kappa shape index (κ3) is 2.18. The molecule has 2 heterocycles. The summed E-state index contributed by atoms with van der Waals surface area (Å²) < 4.78 is 13.1. The zero-order chi connectivity index (χ0) is 11.7. The van der Waals surface area contributed by atoms with E-state index in [0.717, 1.165) is 12.2 Å². The maximum atomic E-state index is 13.1. The van der Waals surface area contributed by atoms with Gasteiger partial charge in [-0.25, -0.2) is 4.98 Å². The predicted molar refractivity (Wildman–Crippen MR) is 63.9 cm³/mol. The molecule has 0 spiro atoms. The van der Waals surface area contributed by atoms with Crippen LogP contribution < -0.4 is 4.90 Å². The monoisotopic (exact) mass is 222 g/mol. The SMILES string of the molecule is CC1CC(C)C(C)N(c2ccnc(F)c2)C1. The van der Waals surface area contributed by atoms with Gasteiger partial charge in [-0.15, -0.1) is 0 Å². The van der Waals surface area contributed by atoms with E-state index in [1.807, 2.05) is 6.07 Å². The van der Waals surface area contributed by atoms with Crippen LogP contribution >= 0.6 is 0 Å². The highest BCUT2D eigenvalue weighted by Crippen LogP contribution is 2.31. The minimum atomic E-state index is -0.393. The lowest BCUT2D eigenvalue weighted by atomic mass is 9.86. The summed E-state index contributed by atoms with van der Waals surface area (Å²) in [7, 11) is 0. The fourth-order valence-electron chi connectivity index (χ4n) is 2.63. The summed E-state index contributed by atoms with van der Waals surface area (Å²) in [6, 6.07) is 3.89. The Hall–Kier alpha value is -1.12. The highest BCUT2D eigenvalue weighted by atomic mass is 19.1. The molecule has 3 unspecified atom stereocenters. The van der Waals surface area contributed by atoms with Crippen LogP contribution in [0.25, 0.3) is 0 Å². The molecule has 0 saturated carbocycles. The Bertz CT molecular complexity index is 367. The zero-order valence-corrected chi connectivity index (χ0v) is 10.2. The highest BCUT2D eigenvalue weighted by molar-refractivity contribution is 5.46. The molecule has 0 amide bonds. The van der Waals surface area contributed by atoms with E-state index in [-0.39, 0.29) is 0 Å². The molecule has 0 N–H and O–H groups in total. The van der Waals surface area contributed by atoms with Gasteiger partial charge in [0, 0.05) is 30.5 Å². The second-order valence-corrected chi connectivity index (χ2v) is 5.05. The minimum Gasteiger partial charge on any atom is -0.368 e. The third-order valence-electron chi connectivity index (χ3n) is 3.64. The standard InChI is InChI=1S/C13H19FN2/c1-9-6-10(2)11(3)16(8-9)12-4-5-15-13(14)7-12/h4-5,7,9-11H,6,8H2,1-3H3. The number of hydrogen-bond donors (Lipinski definition) is 0. The van der Waals surface area contributed by atoms with E-state index in [4.69, 9.17) is 0 Å². The smallest absolute Gasteiger partial charge is 0.214 e. The molecular weight excluding hydrogens is 203 g/mol. The summed E-state index contributed by atoms with van der Waals surface area (Å²) >= 11 is 0. The van der Waals surface area contributed by atoms with Gasteiger partial charge in [-0.1, -0.05) is 13.8 Å². The molecule has 2 nitrogen and oxygen atoms in total. The van der Waals surface area contributed by atoms with E-state index in [1.165, 1.54) is 12.5 Å². The number of pyridine rings is 1. The summed E-state index contributed by atoms with van der Waals surface area (Å²) in [5, 5.41) is 0. The van der Waals surface area contributed by atoms with Gasteiger partial charge in [-0.2, -0.15) is 4.39 Å². The first-order valence-electron chi connectivity index (χ1n) is 5.96. The van der Waals surface area contributed by atoms with Crippen molar-refractivity contribution >= 4 is 5.69 Å². The van der Waals surface area contributed by atoms with E-state index in [9.17, 15) is 4.39 Å². The average Bonchev–Trinajstić information content (AvgIpc) is 2.23. The number of aromatic nitrogens is 1. The lowest BCUT2D eigenvalue weighted by Crippen LogP contribution is -2.45. The maximum absolute atomic E-state index is 13.1. The first-order chi connectivity index (χ1) is 7.58. The Morgan fingerprint density at radius 1 is 1.38 bits per heavy atom. The van der Waals surface area contributed by atoms with Gasteiger partial charge in [0.2, 0.25) is 5.95 Å². The topological polar surface area (TPSA) is 16.1 Å². The largest absolute Gasteiger partial charge is 0.368 e. The molecule has 0 aromatic carbocycles. The van der Waals surface area contributed by atoms with E-state index in [2.05, 4.69) is 30.7 Å². The van der Waals surface area contributed by atoms with Gasteiger partial charge in [0.15, 0.2) is 0 Å². The Labute approximate surface area is 96.5 Å². The van der Waals surface area contributed by atoms with E-state index in [0.29, 0.717) is 17.9 Å². The molecule has 1 aliphatic heterocycles. The van der Waals surface area contributed by atoms with Gasteiger partial charge in [0.1, 0.15) is 0 Å². The van der Waals surface area contributed by atoms with Crippen molar-refractivity contribution in [2.45, 2.75) is 33.2 Å². The molecule has 1 saturated heterocycles. The molecule has 3 atom stereocenters. The van der Waals surface area contributed by atoms with Crippen LogP contribution in [0, 0.1) is 17.8 Å². The van der Waals surface area contributed by atoms with E-state index >= 15 is 0 Å². The summed E-state index contributed by atoms with van der Waals surface area (Å²) in [6.07, 6.45) is 2.80. The van der Waals surface area contributed by atoms with Crippen molar-refractivity contribution in [3.63, 3.8) is 0 Å². The Morgan fingerprint density at radius 2 is 2.12 bits per heavy atom. The summed E-state index contributed by atoms with van der Waals surface area (Å²) in [5.74, 6) is 0.929. The van der Waals surface area contributed by atoms with Gasteiger partial charge in [-0.3, -0.25) is 0 Å². The highest BCUT2D eigenvalue weighted by Gasteiger charge is 2.28. The molecule has 16 heavy (non-hydrogen) atoms. The number of piperidine rings is 1. The molecule has 1 aromatic rings. The minimum absolute atomic E-state index is 0.393. The van der Waals surface area contributed by atoms with Crippen LogP contribution in [0.5, 0.6) is 0 Å². The molecule has 1 fully saturated rings. The van der Waals surface area contributed by atoms with Gasteiger partial charge in [0.25, 0.3) is 0 Å². The van der Waals surface area contributed by atoms with Gasteiger partial charge >= 0.3 is 0 Å². The van der Waals surface area contributed by atoms with Crippen molar-refractivity contribution in [2.75, 3.05) is 11.4 Å². The molecule has 1 aromatic heterocycles. The van der Waals surface area contributed by atoms with Gasteiger partial charge < -0.3 is 4.90 Å². The average molecular weight is 222 g/mol. The van der Waals surface area contributed by atoms with Gasteiger partial charge in [-0.05, 0) is 31.2 Å². The molecule has 3 heteroatoms. The summed E-state index contributed by atoms with van der Waals surface area (Å²) in [6.45, 7) is 7.75. The summed E-state index contributed by atoms with van der Waals surface area (Å²) in [4.78, 5) is 5.90. The van der Waals surface area contributed by atoms with Crippen LogP contribution in [0.3, 0.4) is 0 Å². The van der Waals surface area contributed by atoms with Crippen LogP contribution in [0.15, 0.2) is 18.3 Å². The number of rotatable bonds is 1.